The number of aryl methyl sites for hydroxylation is 1. The Morgan fingerprint density at radius 1 is 1.53 bits per heavy atom. The van der Waals surface area contributed by atoms with E-state index in [9.17, 15) is 4.79 Å². The fourth-order valence-corrected chi connectivity index (χ4v) is 2.82. The number of hydrogen-bond acceptors (Lipinski definition) is 2. The van der Waals surface area contributed by atoms with E-state index in [0.29, 0.717) is 18.1 Å². The van der Waals surface area contributed by atoms with Crippen LogP contribution in [0.1, 0.15) is 45.4 Å². The van der Waals surface area contributed by atoms with E-state index in [1.807, 2.05) is 6.20 Å². The second-order valence-electron chi connectivity index (χ2n) is 5.24. The zero-order valence-corrected chi connectivity index (χ0v) is 10.9. The molecule has 17 heavy (non-hydrogen) atoms. The summed E-state index contributed by atoms with van der Waals surface area (Å²) in [4.78, 5) is 16.5. The monoisotopic (exact) mass is 234 g/mol. The molecule has 94 valence electrons. The molecule has 0 aliphatic heterocycles. The van der Waals surface area contributed by atoms with Crippen molar-refractivity contribution >= 4 is 5.78 Å². The van der Waals surface area contributed by atoms with Crippen LogP contribution in [0.15, 0.2) is 12.4 Å². The Labute approximate surface area is 103 Å². The summed E-state index contributed by atoms with van der Waals surface area (Å²) >= 11 is 0. The van der Waals surface area contributed by atoms with Crippen molar-refractivity contribution in [3.63, 3.8) is 0 Å². The van der Waals surface area contributed by atoms with Gasteiger partial charge in [0.25, 0.3) is 0 Å². The van der Waals surface area contributed by atoms with Crippen molar-refractivity contribution in [2.24, 2.45) is 11.8 Å². The van der Waals surface area contributed by atoms with Gasteiger partial charge in [-0.2, -0.15) is 0 Å². The number of Topliss-reactive ketones (excluding diaryl/α,β-unsaturated/α-hetero) is 1. The highest BCUT2D eigenvalue weighted by atomic mass is 16.1. The van der Waals surface area contributed by atoms with Crippen molar-refractivity contribution in [1.82, 2.24) is 9.55 Å². The van der Waals surface area contributed by atoms with E-state index < -0.39 is 0 Å². The maximum Gasteiger partial charge on any atom is 0.143 e. The minimum Gasteiger partial charge on any atom is -0.335 e. The molecule has 1 aliphatic rings. The second kappa shape index (κ2) is 5.48. The van der Waals surface area contributed by atoms with Crippen LogP contribution >= 0.6 is 0 Å². The van der Waals surface area contributed by atoms with Crippen LogP contribution in [0.5, 0.6) is 0 Å². The van der Waals surface area contributed by atoms with Gasteiger partial charge in [-0.1, -0.05) is 19.8 Å². The molecule has 2 rings (SSSR count). The first kappa shape index (κ1) is 12.3. The van der Waals surface area contributed by atoms with Gasteiger partial charge in [-0.05, 0) is 25.7 Å². The van der Waals surface area contributed by atoms with E-state index in [0.717, 1.165) is 25.2 Å². The van der Waals surface area contributed by atoms with Gasteiger partial charge in [0.15, 0.2) is 0 Å². The number of rotatable bonds is 4. The molecule has 2 unspecified atom stereocenters. The average Bonchev–Trinajstić information content (AvgIpc) is 2.76. The summed E-state index contributed by atoms with van der Waals surface area (Å²) in [7, 11) is 0. The highest BCUT2D eigenvalue weighted by Gasteiger charge is 2.25. The number of hydrogen-bond donors (Lipinski definition) is 0. The molecular formula is C14H22N2O. The Hall–Kier alpha value is -1.12. The summed E-state index contributed by atoms with van der Waals surface area (Å²) in [5, 5.41) is 0. The summed E-state index contributed by atoms with van der Waals surface area (Å²) < 4.78 is 2.06. The van der Waals surface area contributed by atoms with E-state index in [2.05, 4.69) is 23.4 Å². The van der Waals surface area contributed by atoms with Gasteiger partial charge < -0.3 is 4.57 Å². The van der Waals surface area contributed by atoms with Crippen LogP contribution in [0.2, 0.25) is 0 Å². The predicted molar refractivity (Wildman–Crippen MR) is 67.7 cm³/mol. The van der Waals surface area contributed by atoms with Crippen molar-refractivity contribution in [3.05, 3.63) is 18.2 Å². The lowest BCUT2D eigenvalue weighted by Gasteiger charge is -2.25. The van der Waals surface area contributed by atoms with E-state index in [1.54, 1.807) is 6.20 Å². The molecule has 0 saturated heterocycles. The molecule has 1 saturated carbocycles. The highest BCUT2D eigenvalue weighted by molar-refractivity contribution is 5.82. The topological polar surface area (TPSA) is 34.9 Å². The van der Waals surface area contributed by atoms with Crippen LogP contribution in [-0.4, -0.2) is 15.3 Å². The molecule has 1 aliphatic carbocycles. The van der Waals surface area contributed by atoms with Gasteiger partial charge in [0.1, 0.15) is 11.6 Å². The van der Waals surface area contributed by atoms with Crippen molar-refractivity contribution in [2.45, 2.75) is 52.5 Å². The zero-order chi connectivity index (χ0) is 12.3. The molecule has 2 atom stereocenters. The van der Waals surface area contributed by atoms with Crippen LogP contribution in [0.3, 0.4) is 0 Å². The van der Waals surface area contributed by atoms with Gasteiger partial charge in [-0.3, -0.25) is 4.79 Å². The normalized spacial score (nSPS) is 24.8. The Kier molecular flexibility index (Phi) is 3.97. The molecular weight excluding hydrogens is 212 g/mol. The molecule has 3 nitrogen and oxygen atoms in total. The van der Waals surface area contributed by atoms with Gasteiger partial charge >= 0.3 is 0 Å². The van der Waals surface area contributed by atoms with Crippen molar-refractivity contribution < 1.29 is 4.79 Å². The van der Waals surface area contributed by atoms with E-state index in [-0.39, 0.29) is 5.92 Å². The molecule has 1 aromatic heterocycles. The minimum absolute atomic E-state index is 0.278. The fourth-order valence-electron chi connectivity index (χ4n) is 2.82. The van der Waals surface area contributed by atoms with Crippen LogP contribution in [-0.2, 0) is 17.8 Å². The third-order valence-corrected chi connectivity index (χ3v) is 3.87. The number of aromatic nitrogens is 2. The van der Waals surface area contributed by atoms with Gasteiger partial charge in [0.05, 0.1) is 6.42 Å². The molecule has 0 spiro atoms. The van der Waals surface area contributed by atoms with Crippen molar-refractivity contribution in [1.29, 1.82) is 0 Å². The summed E-state index contributed by atoms with van der Waals surface area (Å²) in [6.07, 6.45) is 8.90. The first-order valence-corrected chi connectivity index (χ1v) is 6.73. The molecule has 0 bridgehead atoms. The van der Waals surface area contributed by atoms with Gasteiger partial charge in [-0.25, -0.2) is 4.98 Å². The third-order valence-electron chi connectivity index (χ3n) is 3.87. The molecule has 1 aromatic rings. The maximum atomic E-state index is 12.2. The van der Waals surface area contributed by atoms with Crippen molar-refractivity contribution in [2.75, 3.05) is 0 Å². The smallest absolute Gasteiger partial charge is 0.143 e. The molecule has 0 N–H and O–H groups in total. The quantitative estimate of drug-likeness (QED) is 0.803. The van der Waals surface area contributed by atoms with Crippen LogP contribution in [0.4, 0.5) is 0 Å². The van der Waals surface area contributed by atoms with E-state index >= 15 is 0 Å². The Morgan fingerprint density at radius 2 is 2.35 bits per heavy atom. The number of carbonyl (C=O) groups is 1. The molecule has 0 amide bonds. The van der Waals surface area contributed by atoms with E-state index in [4.69, 9.17) is 0 Å². The number of nitrogens with zero attached hydrogens (tertiary/aromatic N) is 2. The molecule has 0 radical (unpaired) electrons. The Morgan fingerprint density at radius 3 is 3.06 bits per heavy atom. The van der Waals surface area contributed by atoms with Crippen LogP contribution < -0.4 is 0 Å². The summed E-state index contributed by atoms with van der Waals surface area (Å²) in [5.74, 6) is 2.30. The zero-order valence-electron chi connectivity index (χ0n) is 10.9. The summed E-state index contributed by atoms with van der Waals surface area (Å²) in [6, 6.07) is 0. The largest absolute Gasteiger partial charge is 0.335 e. The average molecular weight is 234 g/mol. The fraction of sp³-hybridized carbons (Fsp3) is 0.714. The molecule has 1 heterocycles. The Balaban J connectivity index is 1.96. The SMILES string of the molecule is CCn1ccnc1CC(=O)C1CCCC(C)C1. The lowest BCUT2D eigenvalue weighted by atomic mass is 9.79. The van der Waals surface area contributed by atoms with Gasteiger partial charge in [0, 0.05) is 24.9 Å². The number of imidazole rings is 1. The van der Waals surface area contributed by atoms with Crippen molar-refractivity contribution in [3.8, 4) is 0 Å². The number of ketones is 1. The van der Waals surface area contributed by atoms with Crippen LogP contribution in [0.25, 0.3) is 0 Å². The summed E-state index contributed by atoms with van der Waals surface area (Å²) in [5.41, 5.74) is 0. The lowest BCUT2D eigenvalue weighted by molar-refractivity contribution is -0.123. The lowest BCUT2D eigenvalue weighted by Crippen LogP contribution is -2.24. The first-order valence-electron chi connectivity index (χ1n) is 6.73. The summed E-state index contributed by atoms with van der Waals surface area (Å²) in [6.45, 7) is 5.23. The maximum absolute atomic E-state index is 12.2. The third kappa shape index (κ3) is 2.96. The number of carbonyl (C=O) groups excluding carboxylic acids is 1. The Bertz CT molecular complexity index is 383. The highest BCUT2D eigenvalue weighted by Crippen LogP contribution is 2.29. The first-order chi connectivity index (χ1) is 8.20. The van der Waals surface area contributed by atoms with E-state index in [1.165, 1.54) is 12.8 Å². The van der Waals surface area contributed by atoms with Crippen LogP contribution in [0, 0.1) is 11.8 Å². The molecule has 1 fully saturated rings. The minimum atomic E-state index is 0.278. The standard InChI is InChI=1S/C14H22N2O/c1-3-16-8-7-15-14(16)10-13(17)12-6-4-5-11(2)9-12/h7-8,11-12H,3-6,9-10H2,1-2H3. The molecule has 3 heteroatoms. The second-order valence-corrected chi connectivity index (χ2v) is 5.24. The predicted octanol–water partition coefficient (Wildman–Crippen LogP) is 2.84. The van der Waals surface area contributed by atoms with Gasteiger partial charge in [-0.15, -0.1) is 0 Å². The molecule has 0 aromatic carbocycles. The van der Waals surface area contributed by atoms with Gasteiger partial charge in [0.2, 0.25) is 0 Å².